The van der Waals surface area contributed by atoms with Gasteiger partial charge in [-0.3, -0.25) is 4.98 Å². The molecule has 6 nitrogen and oxygen atoms in total. The minimum atomic E-state index is -3.69. The highest BCUT2D eigenvalue weighted by atomic mass is 32.2. The van der Waals surface area contributed by atoms with Crippen molar-refractivity contribution in [2.45, 2.75) is 17.9 Å². The zero-order valence-corrected chi connectivity index (χ0v) is 13.7. The van der Waals surface area contributed by atoms with E-state index < -0.39 is 10.0 Å². The quantitative estimate of drug-likeness (QED) is 0.732. The van der Waals surface area contributed by atoms with Crippen molar-refractivity contribution in [3.05, 3.63) is 48.3 Å². The Bertz CT molecular complexity index is 893. The van der Waals surface area contributed by atoms with Crippen LogP contribution in [0.5, 0.6) is 0 Å². The van der Waals surface area contributed by atoms with Gasteiger partial charge in [0.25, 0.3) is 0 Å². The van der Waals surface area contributed by atoms with E-state index in [1.165, 1.54) is 4.31 Å². The molecule has 114 valence electrons. The summed E-state index contributed by atoms with van der Waals surface area (Å²) in [7, 11) is -2.14. The van der Waals surface area contributed by atoms with Crippen molar-refractivity contribution >= 4 is 32.8 Å². The van der Waals surface area contributed by atoms with Gasteiger partial charge in [0.15, 0.2) is 0 Å². The standard InChI is InChI=1S/C14H14N4O2S2/c1-10(11-6-3-4-9-15-11)18(2)22(19,20)13-8-5-7-12-14(13)17-21-16-12/h3-10H,1-2H3. The fourth-order valence-corrected chi connectivity index (χ4v) is 4.25. The van der Waals surface area contributed by atoms with Gasteiger partial charge in [-0.1, -0.05) is 12.1 Å². The lowest BCUT2D eigenvalue weighted by Crippen LogP contribution is -2.30. The van der Waals surface area contributed by atoms with Crippen LogP contribution in [-0.2, 0) is 10.0 Å². The number of nitrogens with zero attached hydrogens (tertiary/aromatic N) is 4. The molecule has 0 aliphatic carbocycles. The van der Waals surface area contributed by atoms with Crippen molar-refractivity contribution < 1.29 is 8.42 Å². The second kappa shape index (κ2) is 5.71. The highest BCUT2D eigenvalue weighted by molar-refractivity contribution is 7.89. The van der Waals surface area contributed by atoms with Gasteiger partial charge in [0.1, 0.15) is 15.9 Å². The molecule has 1 aromatic carbocycles. The number of pyridine rings is 1. The number of fused-ring (bicyclic) bond motifs is 1. The predicted molar refractivity (Wildman–Crippen MR) is 85.0 cm³/mol. The highest BCUT2D eigenvalue weighted by Gasteiger charge is 2.29. The Labute approximate surface area is 132 Å². The molecule has 0 N–H and O–H groups in total. The first-order valence-corrected chi connectivity index (χ1v) is 8.79. The maximum absolute atomic E-state index is 12.9. The molecule has 3 aromatic rings. The van der Waals surface area contributed by atoms with E-state index in [1.54, 1.807) is 44.4 Å². The normalized spacial score (nSPS) is 13.6. The Hall–Kier alpha value is -1.90. The molecular weight excluding hydrogens is 320 g/mol. The Morgan fingerprint density at radius 2 is 1.95 bits per heavy atom. The summed E-state index contributed by atoms with van der Waals surface area (Å²) in [6.07, 6.45) is 1.65. The monoisotopic (exact) mass is 334 g/mol. The maximum Gasteiger partial charge on any atom is 0.245 e. The van der Waals surface area contributed by atoms with E-state index in [-0.39, 0.29) is 10.9 Å². The molecule has 0 radical (unpaired) electrons. The van der Waals surface area contributed by atoms with Gasteiger partial charge in [-0.15, -0.1) is 0 Å². The molecule has 3 rings (SSSR count). The molecule has 1 unspecified atom stereocenters. The average molecular weight is 334 g/mol. The molecule has 22 heavy (non-hydrogen) atoms. The smallest absolute Gasteiger partial charge is 0.245 e. The average Bonchev–Trinajstić information content (AvgIpc) is 3.02. The van der Waals surface area contributed by atoms with Gasteiger partial charge in [0.05, 0.1) is 23.5 Å². The largest absolute Gasteiger partial charge is 0.260 e. The highest BCUT2D eigenvalue weighted by Crippen LogP contribution is 2.28. The third-order valence-electron chi connectivity index (χ3n) is 3.57. The van der Waals surface area contributed by atoms with E-state index in [1.807, 2.05) is 12.1 Å². The van der Waals surface area contributed by atoms with Gasteiger partial charge in [-0.05, 0) is 31.2 Å². The van der Waals surface area contributed by atoms with E-state index in [0.717, 1.165) is 11.7 Å². The molecule has 1 atom stereocenters. The molecule has 0 saturated heterocycles. The molecule has 0 aliphatic rings. The van der Waals surface area contributed by atoms with Crippen LogP contribution in [0.25, 0.3) is 11.0 Å². The third-order valence-corrected chi connectivity index (χ3v) is 6.07. The summed E-state index contributed by atoms with van der Waals surface area (Å²) >= 11 is 1.00. The fourth-order valence-electron chi connectivity index (χ4n) is 2.16. The van der Waals surface area contributed by atoms with Crippen LogP contribution in [0, 0.1) is 0 Å². The van der Waals surface area contributed by atoms with E-state index in [9.17, 15) is 8.42 Å². The van der Waals surface area contributed by atoms with Crippen molar-refractivity contribution in [1.82, 2.24) is 18.0 Å². The predicted octanol–water partition coefficient (Wildman–Crippen LogP) is 2.47. The number of rotatable bonds is 4. The molecular formula is C14H14N4O2S2. The summed E-state index contributed by atoms with van der Waals surface area (Å²) < 4.78 is 35.3. The number of benzene rings is 1. The number of hydrogen-bond acceptors (Lipinski definition) is 6. The van der Waals surface area contributed by atoms with E-state index in [0.29, 0.717) is 16.7 Å². The summed E-state index contributed by atoms with van der Waals surface area (Å²) in [5.74, 6) is 0. The number of hydrogen-bond donors (Lipinski definition) is 0. The zero-order valence-electron chi connectivity index (χ0n) is 12.0. The van der Waals surface area contributed by atoms with E-state index in [2.05, 4.69) is 13.7 Å². The van der Waals surface area contributed by atoms with Gasteiger partial charge in [-0.25, -0.2) is 8.42 Å². The van der Waals surface area contributed by atoms with Crippen molar-refractivity contribution in [2.75, 3.05) is 7.05 Å². The van der Waals surface area contributed by atoms with Gasteiger partial charge in [-0.2, -0.15) is 13.1 Å². The van der Waals surface area contributed by atoms with Crippen molar-refractivity contribution in [3.8, 4) is 0 Å². The lowest BCUT2D eigenvalue weighted by molar-refractivity contribution is 0.392. The molecule has 0 fully saturated rings. The van der Waals surface area contributed by atoms with Gasteiger partial charge in [0.2, 0.25) is 10.0 Å². The van der Waals surface area contributed by atoms with Gasteiger partial charge < -0.3 is 0 Å². The van der Waals surface area contributed by atoms with Crippen LogP contribution in [0.2, 0.25) is 0 Å². The molecule has 0 spiro atoms. The summed E-state index contributed by atoms with van der Waals surface area (Å²) in [5, 5.41) is 0. The summed E-state index contributed by atoms with van der Waals surface area (Å²) in [4.78, 5) is 4.40. The minimum Gasteiger partial charge on any atom is -0.260 e. The van der Waals surface area contributed by atoms with Crippen LogP contribution in [0.15, 0.2) is 47.5 Å². The minimum absolute atomic E-state index is 0.170. The Morgan fingerprint density at radius 3 is 2.68 bits per heavy atom. The zero-order chi connectivity index (χ0) is 15.7. The Kier molecular flexibility index (Phi) is 3.90. The molecule has 0 saturated carbocycles. The Balaban J connectivity index is 2.04. The SMILES string of the molecule is CC(c1ccccn1)N(C)S(=O)(=O)c1cccc2nsnc12. The van der Waals surface area contributed by atoms with E-state index >= 15 is 0 Å². The maximum atomic E-state index is 12.9. The molecule has 2 aromatic heterocycles. The summed E-state index contributed by atoms with van der Waals surface area (Å²) in [6, 6.07) is 10.0. The fraction of sp³-hybridized carbons (Fsp3) is 0.214. The van der Waals surface area contributed by atoms with E-state index in [4.69, 9.17) is 0 Å². The van der Waals surface area contributed by atoms with Crippen LogP contribution in [0.4, 0.5) is 0 Å². The lowest BCUT2D eigenvalue weighted by Gasteiger charge is -2.23. The van der Waals surface area contributed by atoms with Crippen LogP contribution < -0.4 is 0 Å². The second-order valence-electron chi connectivity index (χ2n) is 4.84. The molecule has 0 aliphatic heterocycles. The number of sulfonamides is 1. The molecule has 2 heterocycles. The van der Waals surface area contributed by atoms with Crippen LogP contribution >= 0.6 is 11.7 Å². The van der Waals surface area contributed by atoms with Gasteiger partial charge in [0, 0.05) is 13.2 Å². The van der Waals surface area contributed by atoms with Crippen molar-refractivity contribution in [3.63, 3.8) is 0 Å². The molecule has 0 amide bonds. The first-order chi connectivity index (χ1) is 10.5. The lowest BCUT2D eigenvalue weighted by atomic mass is 10.2. The third kappa shape index (κ3) is 2.49. The van der Waals surface area contributed by atoms with Crippen LogP contribution in [0.1, 0.15) is 18.7 Å². The second-order valence-corrected chi connectivity index (χ2v) is 7.33. The van der Waals surface area contributed by atoms with Gasteiger partial charge >= 0.3 is 0 Å². The summed E-state index contributed by atoms with van der Waals surface area (Å²) in [5.41, 5.74) is 1.69. The van der Waals surface area contributed by atoms with Crippen molar-refractivity contribution in [1.29, 1.82) is 0 Å². The first kappa shape index (κ1) is 15.0. The van der Waals surface area contributed by atoms with Crippen LogP contribution in [-0.4, -0.2) is 33.5 Å². The molecule has 0 bridgehead atoms. The Morgan fingerprint density at radius 1 is 1.14 bits per heavy atom. The van der Waals surface area contributed by atoms with Crippen molar-refractivity contribution in [2.24, 2.45) is 0 Å². The topological polar surface area (TPSA) is 76.1 Å². The van der Waals surface area contributed by atoms with Crippen LogP contribution in [0.3, 0.4) is 0 Å². The number of aromatic nitrogens is 3. The first-order valence-electron chi connectivity index (χ1n) is 6.62. The molecule has 8 heteroatoms. The summed E-state index contributed by atoms with van der Waals surface area (Å²) in [6.45, 7) is 1.80.